The first-order valence-corrected chi connectivity index (χ1v) is 5.71. The van der Waals surface area contributed by atoms with Crippen LogP contribution in [0.4, 0.5) is 0 Å². The van der Waals surface area contributed by atoms with Crippen molar-refractivity contribution in [2.45, 2.75) is 0 Å². The Balaban J connectivity index is 1.94. The highest BCUT2D eigenvalue weighted by Crippen LogP contribution is 2.05. The van der Waals surface area contributed by atoms with Crippen LogP contribution in [0.3, 0.4) is 0 Å². The molecule has 1 amide bonds. The number of piperazine rings is 1. The molecule has 2 rings (SSSR count). The van der Waals surface area contributed by atoms with Crippen LogP contribution in [0.15, 0.2) is 30.3 Å². The summed E-state index contributed by atoms with van der Waals surface area (Å²) in [5.74, 6) is 0.153. The zero-order valence-corrected chi connectivity index (χ0v) is 9.93. The van der Waals surface area contributed by atoms with Crippen LogP contribution >= 0.6 is 0 Å². The molecule has 90 valence electrons. The van der Waals surface area contributed by atoms with Crippen molar-refractivity contribution in [3.63, 3.8) is 0 Å². The van der Waals surface area contributed by atoms with Crippen LogP contribution in [0.25, 0.3) is 0 Å². The van der Waals surface area contributed by atoms with Crippen molar-refractivity contribution in [2.75, 3.05) is 33.2 Å². The summed E-state index contributed by atoms with van der Waals surface area (Å²) < 4.78 is 0. The number of carbonyl (C=O) groups excluding carboxylic acids is 2. The van der Waals surface area contributed by atoms with Gasteiger partial charge in [-0.25, -0.2) is 0 Å². The first-order chi connectivity index (χ1) is 8.16. The van der Waals surface area contributed by atoms with Crippen LogP contribution in [0, 0.1) is 0 Å². The van der Waals surface area contributed by atoms with E-state index in [1.807, 2.05) is 23.1 Å². The molecule has 4 heteroatoms. The third-order valence-electron chi connectivity index (χ3n) is 3.00. The molecular formula is C13H16N2O2. The van der Waals surface area contributed by atoms with E-state index in [4.69, 9.17) is 0 Å². The lowest BCUT2D eigenvalue weighted by atomic mass is 10.1. The van der Waals surface area contributed by atoms with Crippen molar-refractivity contribution in [1.29, 1.82) is 0 Å². The topological polar surface area (TPSA) is 40.6 Å². The minimum atomic E-state index is 0.0722. The zero-order chi connectivity index (χ0) is 12.3. The van der Waals surface area contributed by atoms with E-state index in [1.165, 1.54) is 0 Å². The number of hydrogen-bond acceptors (Lipinski definition) is 3. The van der Waals surface area contributed by atoms with Gasteiger partial charge in [0.05, 0.1) is 13.1 Å². The normalized spacial score (nSPS) is 17.2. The Morgan fingerprint density at radius 1 is 1.24 bits per heavy atom. The van der Waals surface area contributed by atoms with E-state index in [9.17, 15) is 9.59 Å². The van der Waals surface area contributed by atoms with Gasteiger partial charge in [0.1, 0.15) is 0 Å². The van der Waals surface area contributed by atoms with Crippen LogP contribution < -0.4 is 0 Å². The molecule has 1 aromatic carbocycles. The number of ketones is 1. The highest BCUT2D eigenvalue weighted by atomic mass is 16.2. The largest absolute Gasteiger partial charge is 0.343 e. The molecule has 0 unspecified atom stereocenters. The SMILES string of the molecule is CN1CCN(CC(=O)c2ccccc2)CC1=O. The quantitative estimate of drug-likeness (QED) is 0.718. The van der Waals surface area contributed by atoms with E-state index < -0.39 is 0 Å². The molecule has 1 heterocycles. The average Bonchev–Trinajstić information content (AvgIpc) is 2.35. The minimum Gasteiger partial charge on any atom is -0.343 e. The molecule has 0 N–H and O–H groups in total. The maximum atomic E-state index is 11.9. The third kappa shape index (κ3) is 2.91. The number of carbonyl (C=O) groups is 2. The van der Waals surface area contributed by atoms with Crippen molar-refractivity contribution in [1.82, 2.24) is 9.80 Å². The number of amides is 1. The second-order valence-corrected chi connectivity index (χ2v) is 4.32. The fraction of sp³-hybridized carbons (Fsp3) is 0.385. The van der Waals surface area contributed by atoms with E-state index in [0.717, 1.165) is 6.54 Å². The lowest BCUT2D eigenvalue weighted by molar-refractivity contribution is -0.134. The van der Waals surface area contributed by atoms with Gasteiger partial charge in [-0.1, -0.05) is 30.3 Å². The van der Waals surface area contributed by atoms with Crippen LogP contribution in [0.5, 0.6) is 0 Å². The number of likely N-dealkylation sites (N-methyl/N-ethyl adjacent to an activating group) is 1. The monoisotopic (exact) mass is 232 g/mol. The van der Waals surface area contributed by atoms with E-state index in [-0.39, 0.29) is 11.7 Å². The van der Waals surface area contributed by atoms with E-state index in [0.29, 0.717) is 25.2 Å². The molecule has 0 spiro atoms. The Labute approximate surface area is 101 Å². The summed E-state index contributed by atoms with van der Waals surface area (Å²) in [5, 5.41) is 0. The predicted molar refractivity (Wildman–Crippen MR) is 64.8 cm³/mol. The molecule has 0 radical (unpaired) electrons. The van der Waals surface area contributed by atoms with Gasteiger partial charge in [-0.3, -0.25) is 14.5 Å². The highest BCUT2D eigenvalue weighted by molar-refractivity contribution is 5.97. The van der Waals surface area contributed by atoms with Crippen LogP contribution in [-0.2, 0) is 4.79 Å². The molecule has 0 aliphatic carbocycles. The van der Waals surface area contributed by atoms with Gasteiger partial charge < -0.3 is 4.90 Å². The van der Waals surface area contributed by atoms with E-state index >= 15 is 0 Å². The summed E-state index contributed by atoms with van der Waals surface area (Å²) >= 11 is 0. The average molecular weight is 232 g/mol. The molecule has 0 aromatic heterocycles. The molecule has 1 saturated heterocycles. The Bertz CT molecular complexity index is 417. The number of Topliss-reactive ketones (excluding diaryl/α,β-unsaturated/α-hetero) is 1. The molecule has 1 aliphatic heterocycles. The van der Waals surface area contributed by atoms with Crippen molar-refractivity contribution < 1.29 is 9.59 Å². The lowest BCUT2D eigenvalue weighted by Gasteiger charge is -2.31. The van der Waals surface area contributed by atoms with Crippen molar-refractivity contribution >= 4 is 11.7 Å². The van der Waals surface area contributed by atoms with Gasteiger partial charge in [-0.05, 0) is 0 Å². The summed E-state index contributed by atoms with van der Waals surface area (Å²) in [7, 11) is 1.79. The Morgan fingerprint density at radius 2 is 1.94 bits per heavy atom. The van der Waals surface area contributed by atoms with Crippen molar-refractivity contribution in [3.8, 4) is 0 Å². The van der Waals surface area contributed by atoms with E-state index in [1.54, 1.807) is 24.1 Å². The van der Waals surface area contributed by atoms with Gasteiger partial charge in [0.25, 0.3) is 0 Å². The highest BCUT2D eigenvalue weighted by Gasteiger charge is 2.22. The fourth-order valence-electron chi connectivity index (χ4n) is 1.86. The van der Waals surface area contributed by atoms with Crippen LogP contribution in [0.1, 0.15) is 10.4 Å². The van der Waals surface area contributed by atoms with Gasteiger partial charge in [-0.15, -0.1) is 0 Å². The Hall–Kier alpha value is -1.68. The first kappa shape index (κ1) is 11.8. The molecule has 0 saturated carbocycles. The fourth-order valence-corrected chi connectivity index (χ4v) is 1.86. The number of nitrogens with zero attached hydrogens (tertiary/aromatic N) is 2. The van der Waals surface area contributed by atoms with Gasteiger partial charge in [0.15, 0.2) is 5.78 Å². The molecule has 0 bridgehead atoms. The molecule has 4 nitrogen and oxygen atoms in total. The standard InChI is InChI=1S/C13H16N2O2/c1-14-7-8-15(10-13(14)17)9-12(16)11-5-3-2-4-6-11/h2-6H,7-10H2,1H3. The summed E-state index contributed by atoms with van der Waals surface area (Å²) in [4.78, 5) is 27.0. The Morgan fingerprint density at radius 3 is 2.59 bits per heavy atom. The number of benzene rings is 1. The summed E-state index contributed by atoms with van der Waals surface area (Å²) in [5.41, 5.74) is 0.707. The van der Waals surface area contributed by atoms with Crippen molar-refractivity contribution in [2.24, 2.45) is 0 Å². The summed E-state index contributed by atoms with van der Waals surface area (Å²) in [6, 6.07) is 9.20. The number of hydrogen-bond donors (Lipinski definition) is 0. The second kappa shape index (κ2) is 5.10. The van der Waals surface area contributed by atoms with Crippen molar-refractivity contribution in [3.05, 3.63) is 35.9 Å². The molecule has 1 fully saturated rings. The maximum absolute atomic E-state index is 11.9. The molecule has 1 aliphatic rings. The maximum Gasteiger partial charge on any atom is 0.236 e. The van der Waals surface area contributed by atoms with Crippen LogP contribution in [0.2, 0.25) is 0 Å². The zero-order valence-electron chi connectivity index (χ0n) is 9.93. The second-order valence-electron chi connectivity index (χ2n) is 4.32. The smallest absolute Gasteiger partial charge is 0.236 e. The number of rotatable bonds is 3. The molecule has 17 heavy (non-hydrogen) atoms. The van der Waals surface area contributed by atoms with Crippen LogP contribution in [-0.4, -0.2) is 54.7 Å². The lowest BCUT2D eigenvalue weighted by Crippen LogP contribution is -2.49. The third-order valence-corrected chi connectivity index (χ3v) is 3.00. The van der Waals surface area contributed by atoms with E-state index in [2.05, 4.69) is 0 Å². The van der Waals surface area contributed by atoms with Gasteiger partial charge in [0.2, 0.25) is 5.91 Å². The summed E-state index contributed by atoms with van der Waals surface area (Å²) in [6.07, 6.45) is 0. The molecule has 1 aromatic rings. The predicted octanol–water partition coefficient (Wildman–Crippen LogP) is 0.643. The van der Waals surface area contributed by atoms with Gasteiger partial charge in [-0.2, -0.15) is 0 Å². The minimum absolute atomic E-state index is 0.0722. The molecule has 0 atom stereocenters. The summed E-state index contributed by atoms with van der Waals surface area (Å²) in [6.45, 7) is 2.13. The first-order valence-electron chi connectivity index (χ1n) is 5.71. The molecular weight excluding hydrogens is 216 g/mol. The van der Waals surface area contributed by atoms with Gasteiger partial charge in [0, 0.05) is 25.7 Å². The Kier molecular flexibility index (Phi) is 3.54. The van der Waals surface area contributed by atoms with Gasteiger partial charge >= 0.3 is 0 Å².